The fourth-order valence-electron chi connectivity index (χ4n) is 3.37. The Kier molecular flexibility index (Phi) is 3.11. The SMILES string of the molecule is CN1CCc2nc(NC3Cc4ccccc4C3)ncc2C1. The minimum Gasteiger partial charge on any atom is -0.351 e. The molecule has 1 aromatic carbocycles. The standard InChI is InChI=1S/C17H20N4/c1-21-7-6-16-14(11-21)10-18-17(20-16)19-15-8-12-4-2-3-5-13(12)9-15/h2-5,10,15H,6-9,11H2,1H3,(H,18,19,20). The van der Waals surface area contributed by atoms with Gasteiger partial charge < -0.3 is 10.2 Å². The van der Waals surface area contributed by atoms with Crippen LogP contribution in [0.4, 0.5) is 5.95 Å². The van der Waals surface area contributed by atoms with Crippen LogP contribution in [0.15, 0.2) is 30.5 Å². The van der Waals surface area contributed by atoms with Gasteiger partial charge in [-0.2, -0.15) is 0 Å². The fourth-order valence-corrected chi connectivity index (χ4v) is 3.37. The summed E-state index contributed by atoms with van der Waals surface area (Å²) in [6.45, 7) is 2.04. The van der Waals surface area contributed by atoms with Crippen molar-refractivity contribution < 1.29 is 0 Å². The van der Waals surface area contributed by atoms with Gasteiger partial charge in [0.15, 0.2) is 0 Å². The van der Waals surface area contributed by atoms with Crippen molar-refractivity contribution in [2.75, 3.05) is 18.9 Å². The second-order valence-corrected chi connectivity index (χ2v) is 6.17. The third-order valence-electron chi connectivity index (χ3n) is 4.51. The van der Waals surface area contributed by atoms with E-state index in [0.29, 0.717) is 6.04 Å². The van der Waals surface area contributed by atoms with Gasteiger partial charge in [-0.05, 0) is 31.0 Å². The monoisotopic (exact) mass is 280 g/mol. The van der Waals surface area contributed by atoms with Gasteiger partial charge in [0.2, 0.25) is 5.95 Å². The normalized spacial score (nSPS) is 18.3. The molecule has 0 radical (unpaired) electrons. The van der Waals surface area contributed by atoms with E-state index in [0.717, 1.165) is 38.3 Å². The van der Waals surface area contributed by atoms with E-state index in [4.69, 9.17) is 4.98 Å². The zero-order valence-electron chi connectivity index (χ0n) is 12.3. The van der Waals surface area contributed by atoms with Gasteiger partial charge in [0.25, 0.3) is 0 Å². The molecule has 0 unspecified atom stereocenters. The van der Waals surface area contributed by atoms with Crippen molar-refractivity contribution >= 4 is 5.95 Å². The molecule has 1 aromatic heterocycles. The minimum atomic E-state index is 0.423. The number of rotatable bonds is 2. The topological polar surface area (TPSA) is 41.1 Å². The fraction of sp³-hybridized carbons (Fsp3) is 0.412. The highest BCUT2D eigenvalue weighted by Gasteiger charge is 2.22. The molecule has 4 nitrogen and oxygen atoms in total. The Morgan fingerprint density at radius 1 is 1.14 bits per heavy atom. The summed E-state index contributed by atoms with van der Waals surface area (Å²) in [7, 11) is 2.14. The van der Waals surface area contributed by atoms with Crippen molar-refractivity contribution in [3.63, 3.8) is 0 Å². The first-order valence-corrected chi connectivity index (χ1v) is 7.64. The molecule has 108 valence electrons. The second kappa shape index (κ2) is 5.11. The van der Waals surface area contributed by atoms with Gasteiger partial charge in [-0.1, -0.05) is 24.3 Å². The summed E-state index contributed by atoms with van der Waals surface area (Å²) in [4.78, 5) is 11.5. The van der Waals surface area contributed by atoms with Crippen LogP contribution in [0.2, 0.25) is 0 Å². The van der Waals surface area contributed by atoms with Crippen LogP contribution >= 0.6 is 0 Å². The lowest BCUT2D eigenvalue weighted by Crippen LogP contribution is -2.28. The van der Waals surface area contributed by atoms with E-state index in [-0.39, 0.29) is 0 Å². The second-order valence-electron chi connectivity index (χ2n) is 6.17. The van der Waals surface area contributed by atoms with Crippen molar-refractivity contribution in [1.82, 2.24) is 14.9 Å². The maximum Gasteiger partial charge on any atom is 0.223 e. The van der Waals surface area contributed by atoms with E-state index in [1.165, 1.54) is 22.4 Å². The van der Waals surface area contributed by atoms with E-state index in [2.05, 4.69) is 46.5 Å². The van der Waals surface area contributed by atoms with Gasteiger partial charge in [-0.3, -0.25) is 0 Å². The average molecular weight is 280 g/mol. The molecule has 2 heterocycles. The Bertz CT molecular complexity index is 643. The highest BCUT2D eigenvalue weighted by molar-refractivity contribution is 5.39. The Morgan fingerprint density at radius 3 is 2.67 bits per heavy atom. The zero-order chi connectivity index (χ0) is 14.2. The lowest BCUT2D eigenvalue weighted by Gasteiger charge is -2.24. The Labute approximate surface area is 125 Å². The maximum atomic E-state index is 4.73. The summed E-state index contributed by atoms with van der Waals surface area (Å²) in [5, 5.41) is 3.51. The van der Waals surface area contributed by atoms with Crippen LogP contribution in [0.5, 0.6) is 0 Å². The van der Waals surface area contributed by atoms with Crippen molar-refractivity contribution in [3.05, 3.63) is 52.8 Å². The summed E-state index contributed by atoms with van der Waals surface area (Å²) in [6, 6.07) is 9.10. The number of aromatic nitrogens is 2. The lowest BCUT2D eigenvalue weighted by molar-refractivity contribution is 0.309. The molecule has 2 aliphatic rings. The van der Waals surface area contributed by atoms with Crippen LogP contribution < -0.4 is 5.32 Å². The van der Waals surface area contributed by atoms with E-state index >= 15 is 0 Å². The highest BCUT2D eigenvalue weighted by atomic mass is 15.1. The number of likely N-dealkylation sites (N-methyl/N-ethyl adjacent to an activating group) is 1. The molecule has 0 bridgehead atoms. The Morgan fingerprint density at radius 2 is 1.90 bits per heavy atom. The number of nitrogens with zero attached hydrogens (tertiary/aromatic N) is 3. The van der Waals surface area contributed by atoms with Crippen molar-refractivity contribution in [3.8, 4) is 0 Å². The molecule has 21 heavy (non-hydrogen) atoms. The molecule has 0 fully saturated rings. The molecule has 0 atom stereocenters. The van der Waals surface area contributed by atoms with Crippen LogP contribution in [0.25, 0.3) is 0 Å². The smallest absolute Gasteiger partial charge is 0.223 e. The lowest BCUT2D eigenvalue weighted by atomic mass is 10.1. The predicted molar refractivity (Wildman–Crippen MR) is 83.3 cm³/mol. The number of anilines is 1. The molecule has 0 saturated carbocycles. The summed E-state index contributed by atoms with van der Waals surface area (Å²) >= 11 is 0. The molecule has 4 rings (SSSR count). The van der Waals surface area contributed by atoms with Gasteiger partial charge >= 0.3 is 0 Å². The number of hydrogen-bond donors (Lipinski definition) is 1. The number of benzene rings is 1. The first kappa shape index (κ1) is 12.8. The summed E-state index contributed by atoms with van der Waals surface area (Å²) < 4.78 is 0. The Hall–Kier alpha value is -1.94. The number of nitrogens with one attached hydrogen (secondary N) is 1. The molecular weight excluding hydrogens is 260 g/mol. The van der Waals surface area contributed by atoms with Crippen molar-refractivity contribution in [1.29, 1.82) is 0 Å². The van der Waals surface area contributed by atoms with Gasteiger partial charge in [0.1, 0.15) is 0 Å². The van der Waals surface area contributed by atoms with E-state index in [1.807, 2.05) is 6.20 Å². The van der Waals surface area contributed by atoms with Crippen LogP contribution in [0.1, 0.15) is 22.4 Å². The van der Waals surface area contributed by atoms with Crippen molar-refractivity contribution in [2.45, 2.75) is 31.8 Å². The molecule has 2 aromatic rings. The summed E-state index contributed by atoms with van der Waals surface area (Å²) in [5.74, 6) is 0.788. The van der Waals surface area contributed by atoms with Crippen LogP contribution in [0.3, 0.4) is 0 Å². The molecule has 0 spiro atoms. The largest absolute Gasteiger partial charge is 0.351 e. The van der Waals surface area contributed by atoms with Crippen LogP contribution in [-0.2, 0) is 25.8 Å². The van der Waals surface area contributed by atoms with Crippen LogP contribution in [-0.4, -0.2) is 34.5 Å². The summed E-state index contributed by atoms with van der Waals surface area (Å²) in [5.41, 5.74) is 5.38. The van der Waals surface area contributed by atoms with E-state index in [1.54, 1.807) is 0 Å². The van der Waals surface area contributed by atoms with Gasteiger partial charge in [-0.25, -0.2) is 9.97 Å². The van der Waals surface area contributed by atoms with E-state index < -0.39 is 0 Å². The average Bonchev–Trinajstić information content (AvgIpc) is 2.89. The molecule has 4 heteroatoms. The highest BCUT2D eigenvalue weighted by Crippen LogP contribution is 2.24. The van der Waals surface area contributed by atoms with Gasteiger partial charge in [0, 0.05) is 37.3 Å². The molecule has 0 amide bonds. The van der Waals surface area contributed by atoms with Crippen LogP contribution in [0, 0.1) is 0 Å². The molecule has 1 N–H and O–H groups in total. The Balaban J connectivity index is 1.49. The number of fused-ring (bicyclic) bond motifs is 2. The minimum absolute atomic E-state index is 0.423. The van der Waals surface area contributed by atoms with Gasteiger partial charge in [0.05, 0.1) is 5.69 Å². The first-order chi connectivity index (χ1) is 10.3. The first-order valence-electron chi connectivity index (χ1n) is 7.64. The third kappa shape index (κ3) is 2.51. The van der Waals surface area contributed by atoms with E-state index in [9.17, 15) is 0 Å². The van der Waals surface area contributed by atoms with Gasteiger partial charge in [-0.15, -0.1) is 0 Å². The predicted octanol–water partition coefficient (Wildman–Crippen LogP) is 2.04. The quantitative estimate of drug-likeness (QED) is 0.914. The number of hydrogen-bond acceptors (Lipinski definition) is 4. The summed E-state index contributed by atoms with van der Waals surface area (Å²) in [6.07, 6.45) is 5.15. The molecule has 1 aliphatic carbocycles. The zero-order valence-corrected chi connectivity index (χ0v) is 12.3. The molecular formula is C17H20N4. The third-order valence-corrected chi connectivity index (χ3v) is 4.51. The molecule has 0 saturated heterocycles. The van der Waals surface area contributed by atoms with Crippen molar-refractivity contribution in [2.24, 2.45) is 0 Å². The maximum absolute atomic E-state index is 4.73. The molecule has 1 aliphatic heterocycles.